The number of carbonyl (C=O) groups is 2. The van der Waals surface area contributed by atoms with Crippen molar-refractivity contribution in [1.29, 1.82) is 0 Å². The smallest absolute Gasteiger partial charge is 0.261 e. The van der Waals surface area contributed by atoms with E-state index in [9.17, 15) is 9.59 Å². The van der Waals surface area contributed by atoms with Crippen LogP contribution in [-0.2, 0) is 4.79 Å². The van der Waals surface area contributed by atoms with Gasteiger partial charge in [-0.1, -0.05) is 25.0 Å². The molecule has 0 radical (unpaired) electrons. The second-order valence-corrected chi connectivity index (χ2v) is 6.77. The fourth-order valence-corrected chi connectivity index (χ4v) is 3.30. The standard InChI is InChI=1S/C18H21N3O3S/c22-16(21-10-5-1-2-6-11-21)13-24-15-8-4-3-7-14(15)17(23)20-18-19-9-12-25-18/h3-4,7-9,12H,1-2,5-6,10-11,13H2,(H,19,20,23). The van der Waals surface area contributed by atoms with Crippen molar-refractivity contribution in [2.24, 2.45) is 0 Å². The minimum Gasteiger partial charge on any atom is -0.483 e. The number of hydrogen-bond donors (Lipinski definition) is 1. The van der Waals surface area contributed by atoms with Gasteiger partial charge in [-0.25, -0.2) is 4.98 Å². The van der Waals surface area contributed by atoms with E-state index in [0.717, 1.165) is 25.9 Å². The Morgan fingerprint density at radius 2 is 1.92 bits per heavy atom. The van der Waals surface area contributed by atoms with Crippen LogP contribution in [0.25, 0.3) is 0 Å². The Labute approximate surface area is 150 Å². The third kappa shape index (κ3) is 4.79. The molecule has 2 aromatic rings. The molecule has 2 heterocycles. The van der Waals surface area contributed by atoms with E-state index in [1.807, 2.05) is 4.90 Å². The molecule has 1 aliphatic rings. The second-order valence-electron chi connectivity index (χ2n) is 5.87. The maximum absolute atomic E-state index is 12.4. The average Bonchev–Trinajstić information content (AvgIpc) is 2.99. The summed E-state index contributed by atoms with van der Waals surface area (Å²) < 4.78 is 5.66. The fourth-order valence-electron chi connectivity index (χ4n) is 2.78. The molecular weight excluding hydrogens is 338 g/mol. The Morgan fingerprint density at radius 1 is 1.16 bits per heavy atom. The van der Waals surface area contributed by atoms with Crippen LogP contribution in [0.5, 0.6) is 5.75 Å². The Bertz CT molecular complexity index is 710. The third-order valence-corrected chi connectivity index (χ3v) is 4.78. The number of rotatable bonds is 5. The van der Waals surface area contributed by atoms with Gasteiger partial charge in [-0.3, -0.25) is 14.9 Å². The van der Waals surface area contributed by atoms with Gasteiger partial charge in [0.05, 0.1) is 5.56 Å². The number of anilines is 1. The molecule has 7 heteroatoms. The summed E-state index contributed by atoms with van der Waals surface area (Å²) in [6, 6.07) is 6.92. The molecule has 0 unspecified atom stereocenters. The largest absolute Gasteiger partial charge is 0.483 e. The molecule has 0 spiro atoms. The van der Waals surface area contributed by atoms with Crippen LogP contribution in [0.3, 0.4) is 0 Å². The molecule has 1 aromatic carbocycles. The highest BCUT2D eigenvalue weighted by atomic mass is 32.1. The van der Waals surface area contributed by atoms with E-state index < -0.39 is 0 Å². The Balaban J connectivity index is 1.62. The highest BCUT2D eigenvalue weighted by Crippen LogP contribution is 2.21. The number of para-hydroxylation sites is 1. The lowest BCUT2D eigenvalue weighted by Gasteiger charge is -2.20. The minimum absolute atomic E-state index is 0.0305. The van der Waals surface area contributed by atoms with Crippen LogP contribution >= 0.6 is 11.3 Å². The third-order valence-electron chi connectivity index (χ3n) is 4.09. The summed E-state index contributed by atoms with van der Waals surface area (Å²) in [7, 11) is 0. The van der Waals surface area contributed by atoms with E-state index >= 15 is 0 Å². The van der Waals surface area contributed by atoms with E-state index in [0.29, 0.717) is 16.4 Å². The fraction of sp³-hybridized carbons (Fsp3) is 0.389. The zero-order chi connectivity index (χ0) is 17.5. The van der Waals surface area contributed by atoms with Crippen LogP contribution in [-0.4, -0.2) is 41.4 Å². The number of nitrogens with zero attached hydrogens (tertiary/aromatic N) is 2. The van der Waals surface area contributed by atoms with E-state index in [1.165, 1.54) is 24.2 Å². The van der Waals surface area contributed by atoms with Crippen molar-refractivity contribution in [1.82, 2.24) is 9.88 Å². The molecule has 0 atom stereocenters. The van der Waals surface area contributed by atoms with Gasteiger partial charge in [0.15, 0.2) is 11.7 Å². The first-order chi connectivity index (χ1) is 12.2. The summed E-state index contributed by atoms with van der Waals surface area (Å²) in [6.07, 6.45) is 6.05. The molecule has 3 rings (SSSR count). The number of hydrogen-bond acceptors (Lipinski definition) is 5. The molecule has 1 N–H and O–H groups in total. The van der Waals surface area contributed by atoms with E-state index in [-0.39, 0.29) is 18.4 Å². The number of carbonyl (C=O) groups excluding carboxylic acids is 2. The molecule has 1 fully saturated rings. The topological polar surface area (TPSA) is 71.5 Å². The first-order valence-electron chi connectivity index (χ1n) is 8.44. The SMILES string of the molecule is O=C(Nc1nccs1)c1ccccc1OCC(=O)N1CCCCCC1. The lowest BCUT2D eigenvalue weighted by atomic mass is 10.2. The van der Waals surface area contributed by atoms with Gasteiger partial charge in [-0.2, -0.15) is 0 Å². The van der Waals surface area contributed by atoms with Crippen LogP contribution in [0.4, 0.5) is 5.13 Å². The number of benzene rings is 1. The van der Waals surface area contributed by atoms with Crippen molar-refractivity contribution >= 4 is 28.3 Å². The molecule has 25 heavy (non-hydrogen) atoms. The Hall–Kier alpha value is -2.41. The van der Waals surface area contributed by atoms with Gasteiger partial charge < -0.3 is 9.64 Å². The molecule has 1 aliphatic heterocycles. The summed E-state index contributed by atoms with van der Waals surface area (Å²) in [6.45, 7) is 1.52. The molecule has 0 saturated carbocycles. The van der Waals surface area contributed by atoms with Crippen molar-refractivity contribution in [2.45, 2.75) is 25.7 Å². The van der Waals surface area contributed by atoms with Gasteiger partial charge in [0.2, 0.25) is 0 Å². The van der Waals surface area contributed by atoms with Gasteiger partial charge in [-0.05, 0) is 25.0 Å². The van der Waals surface area contributed by atoms with Crippen molar-refractivity contribution in [3.05, 3.63) is 41.4 Å². The summed E-state index contributed by atoms with van der Waals surface area (Å²) in [5, 5.41) is 5.05. The predicted octanol–water partition coefficient (Wildman–Crippen LogP) is 3.18. The average molecular weight is 359 g/mol. The predicted molar refractivity (Wildman–Crippen MR) is 97.1 cm³/mol. The number of aromatic nitrogens is 1. The highest BCUT2D eigenvalue weighted by molar-refractivity contribution is 7.13. The summed E-state index contributed by atoms with van der Waals surface area (Å²) in [5.41, 5.74) is 0.390. The van der Waals surface area contributed by atoms with Crippen molar-refractivity contribution in [2.75, 3.05) is 25.0 Å². The van der Waals surface area contributed by atoms with Gasteiger partial charge in [0.25, 0.3) is 11.8 Å². The van der Waals surface area contributed by atoms with Gasteiger partial charge in [0, 0.05) is 24.7 Å². The lowest BCUT2D eigenvalue weighted by molar-refractivity contribution is -0.133. The lowest BCUT2D eigenvalue weighted by Crippen LogP contribution is -2.35. The molecule has 2 amide bonds. The zero-order valence-corrected chi connectivity index (χ0v) is 14.8. The maximum Gasteiger partial charge on any atom is 0.261 e. The summed E-state index contributed by atoms with van der Waals surface area (Å²) in [5.74, 6) is 0.0736. The summed E-state index contributed by atoms with van der Waals surface area (Å²) >= 11 is 1.35. The molecule has 0 bridgehead atoms. The minimum atomic E-state index is -0.298. The quantitative estimate of drug-likeness (QED) is 0.890. The highest BCUT2D eigenvalue weighted by Gasteiger charge is 2.18. The molecule has 6 nitrogen and oxygen atoms in total. The molecule has 1 saturated heterocycles. The van der Waals surface area contributed by atoms with Crippen LogP contribution in [0, 0.1) is 0 Å². The van der Waals surface area contributed by atoms with E-state index in [2.05, 4.69) is 10.3 Å². The van der Waals surface area contributed by atoms with Crippen molar-refractivity contribution in [3.63, 3.8) is 0 Å². The first kappa shape index (κ1) is 17.4. The Kier molecular flexibility index (Phi) is 6.00. The van der Waals surface area contributed by atoms with Crippen LogP contribution in [0.1, 0.15) is 36.0 Å². The van der Waals surface area contributed by atoms with E-state index in [1.54, 1.807) is 35.8 Å². The van der Waals surface area contributed by atoms with Crippen molar-refractivity contribution in [3.8, 4) is 5.75 Å². The van der Waals surface area contributed by atoms with Gasteiger partial charge in [0.1, 0.15) is 5.75 Å². The normalized spacial score (nSPS) is 14.6. The number of nitrogens with one attached hydrogen (secondary N) is 1. The summed E-state index contributed by atoms with van der Waals surface area (Å²) in [4.78, 5) is 30.7. The van der Waals surface area contributed by atoms with Crippen LogP contribution in [0.15, 0.2) is 35.8 Å². The van der Waals surface area contributed by atoms with Crippen molar-refractivity contribution < 1.29 is 14.3 Å². The molecule has 132 valence electrons. The molecular formula is C18H21N3O3S. The Morgan fingerprint density at radius 3 is 2.64 bits per heavy atom. The monoisotopic (exact) mass is 359 g/mol. The first-order valence-corrected chi connectivity index (χ1v) is 9.32. The van der Waals surface area contributed by atoms with Crippen LogP contribution < -0.4 is 10.1 Å². The molecule has 1 aromatic heterocycles. The van der Waals surface area contributed by atoms with E-state index in [4.69, 9.17) is 4.74 Å². The molecule has 0 aliphatic carbocycles. The number of amides is 2. The zero-order valence-electron chi connectivity index (χ0n) is 13.9. The number of likely N-dealkylation sites (tertiary alicyclic amines) is 1. The van der Waals surface area contributed by atoms with Gasteiger partial charge >= 0.3 is 0 Å². The second kappa shape index (κ2) is 8.62. The van der Waals surface area contributed by atoms with Crippen LogP contribution in [0.2, 0.25) is 0 Å². The maximum atomic E-state index is 12.4. The number of ether oxygens (including phenoxy) is 1. The number of thiazole rings is 1. The van der Waals surface area contributed by atoms with Gasteiger partial charge in [-0.15, -0.1) is 11.3 Å².